The number of sulfone groups is 1. The van der Waals surface area contributed by atoms with E-state index in [1.54, 1.807) is 31.4 Å². The standard InChI is InChI=1S/C17H19NO3S/c1-21-13-9-7-12(8-10-13)16-15(11-18)17(16)22(19,20)14-5-3-2-4-6-14/h2-10,15-17H,11,18H2,1H3/t15-,16-,17-/m1/s1. The SMILES string of the molecule is COc1ccc([C@@H]2[C@@H](CN)[C@H]2S(=O)(=O)c2ccccc2)cc1. The minimum absolute atomic E-state index is 0.0291. The van der Waals surface area contributed by atoms with Crippen LogP contribution in [-0.2, 0) is 9.84 Å². The van der Waals surface area contributed by atoms with Gasteiger partial charge in [0, 0.05) is 5.92 Å². The van der Waals surface area contributed by atoms with Crippen LogP contribution in [0.5, 0.6) is 5.75 Å². The summed E-state index contributed by atoms with van der Waals surface area (Å²) in [7, 11) is -1.74. The van der Waals surface area contributed by atoms with Crippen molar-refractivity contribution in [3.63, 3.8) is 0 Å². The van der Waals surface area contributed by atoms with E-state index in [2.05, 4.69) is 0 Å². The van der Waals surface area contributed by atoms with Gasteiger partial charge in [0.1, 0.15) is 5.75 Å². The van der Waals surface area contributed by atoms with E-state index in [0.717, 1.165) is 11.3 Å². The van der Waals surface area contributed by atoms with E-state index in [1.807, 2.05) is 30.3 Å². The Kier molecular flexibility index (Phi) is 3.93. The number of hydrogen-bond acceptors (Lipinski definition) is 4. The Balaban J connectivity index is 1.91. The van der Waals surface area contributed by atoms with Gasteiger partial charge in [-0.1, -0.05) is 30.3 Å². The zero-order chi connectivity index (χ0) is 15.7. The van der Waals surface area contributed by atoms with Crippen molar-refractivity contribution in [3.8, 4) is 5.75 Å². The molecule has 0 unspecified atom stereocenters. The maximum atomic E-state index is 12.8. The molecule has 22 heavy (non-hydrogen) atoms. The maximum absolute atomic E-state index is 12.8. The van der Waals surface area contributed by atoms with Crippen LogP contribution in [-0.4, -0.2) is 27.3 Å². The lowest BCUT2D eigenvalue weighted by Crippen LogP contribution is -2.13. The Morgan fingerprint density at radius 2 is 1.68 bits per heavy atom. The molecule has 1 aliphatic carbocycles. The smallest absolute Gasteiger partial charge is 0.182 e. The molecule has 2 aromatic carbocycles. The summed E-state index contributed by atoms with van der Waals surface area (Å²) in [5.74, 6) is 0.691. The molecule has 1 saturated carbocycles. The van der Waals surface area contributed by atoms with E-state index in [-0.39, 0.29) is 11.8 Å². The van der Waals surface area contributed by atoms with Crippen LogP contribution in [0.3, 0.4) is 0 Å². The second kappa shape index (κ2) is 5.74. The molecular weight excluding hydrogens is 298 g/mol. The van der Waals surface area contributed by atoms with Gasteiger partial charge in [-0.3, -0.25) is 0 Å². The normalized spacial score (nSPS) is 24.0. The fraction of sp³-hybridized carbons (Fsp3) is 0.294. The first-order valence-corrected chi connectivity index (χ1v) is 8.77. The molecule has 3 atom stereocenters. The van der Waals surface area contributed by atoms with Crippen molar-refractivity contribution in [1.29, 1.82) is 0 Å². The summed E-state index contributed by atoms with van der Waals surface area (Å²) in [6.07, 6.45) is 0. The summed E-state index contributed by atoms with van der Waals surface area (Å²) in [6, 6.07) is 16.1. The molecule has 116 valence electrons. The first kappa shape index (κ1) is 15.1. The van der Waals surface area contributed by atoms with Gasteiger partial charge in [0.2, 0.25) is 0 Å². The predicted octanol–water partition coefficient (Wildman–Crippen LogP) is 2.21. The zero-order valence-electron chi connectivity index (χ0n) is 12.3. The van der Waals surface area contributed by atoms with Crippen molar-refractivity contribution in [3.05, 3.63) is 60.2 Å². The van der Waals surface area contributed by atoms with E-state index in [1.165, 1.54) is 0 Å². The molecular formula is C17H19NO3S. The quantitative estimate of drug-likeness (QED) is 0.918. The van der Waals surface area contributed by atoms with Gasteiger partial charge in [0.15, 0.2) is 9.84 Å². The molecule has 4 nitrogen and oxygen atoms in total. The average molecular weight is 317 g/mol. The number of hydrogen-bond donors (Lipinski definition) is 1. The highest BCUT2D eigenvalue weighted by atomic mass is 32.2. The summed E-state index contributed by atoms with van der Waals surface area (Å²) in [6.45, 7) is 0.368. The van der Waals surface area contributed by atoms with Crippen LogP contribution in [0.25, 0.3) is 0 Å². The number of rotatable bonds is 5. The molecule has 1 aliphatic rings. The Labute approximate surface area is 130 Å². The lowest BCUT2D eigenvalue weighted by atomic mass is 10.1. The Morgan fingerprint density at radius 3 is 2.23 bits per heavy atom. The molecule has 0 saturated heterocycles. The molecule has 0 bridgehead atoms. The van der Waals surface area contributed by atoms with Gasteiger partial charge in [-0.05, 0) is 42.3 Å². The first-order chi connectivity index (χ1) is 10.6. The van der Waals surface area contributed by atoms with E-state index < -0.39 is 15.1 Å². The fourth-order valence-electron chi connectivity index (χ4n) is 3.08. The highest BCUT2D eigenvalue weighted by Crippen LogP contribution is 2.53. The molecule has 0 amide bonds. The summed E-state index contributed by atoms with van der Waals surface area (Å²) >= 11 is 0. The lowest BCUT2D eigenvalue weighted by molar-refractivity contribution is 0.414. The van der Waals surface area contributed by atoms with E-state index >= 15 is 0 Å². The molecule has 0 radical (unpaired) electrons. The summed E-state index contributed by atoms with van der Waals surface area (Å²) in [5.41, 5.74) is 6.79. The minimum Gasteiger partial charge on any atom is -0.497 e. The van der Waals surface area contributed by atoms with Crippen LogP contribution in [0, 0.1) is 5.92 Å². The second-order valence-electron chi connectivity index (χ2n) is 5.52. The Bertz CT molecular complexity index is 741. The molecule has 0 heterocycles. The summed E-state index contributed by atoms with van der Waals surface area (Å²) in [4.78, 5) is 0.370. The molecule has 2 aromatic rings. The molecule has 0 spiro atoms. The fourth-order valence-corrected chi connectivity index (χ4v) is 5.32. The lowest BCUT2D eigenvalue weighted by Gasteiger charge is -2.05. The highest BCUT2D eigenvalue weighted by Gasteiger charge is 2.57. The van der Waals surface area contributed by atoms with Gasteiger partial charge in [-0.25, -0.2) is 8.42 Å². The molecule has 0 aromatic heterocycles. The van der Waals surface area contributed by atoms with Gasteiger partial charge < -0.3 is 10.5 Å². The first-order valence-electron chi connectivity index (χ1n) is 7.22. The minimum atomic E-state index is -3.35. The third kappa shape index (κ3) is 2.51. The van der Waals surface area contributed by atoms with Crippen molar-refractivity contribution in [2.75, 3.05) is 13.7 Å². The van der Waals surface area contributed by atoms with E-state index in [4.69, 9.17) is 10.5 Å². The van der Waals surface area contributed by atoms with Crippen molar-refractivity contribution >= 4 is 9.84 Å². The number of ether oxygens (including phenoxy) is 1. The van der Waals surface area contributed by atoms with Crippen LogP contribution in [0.15, 0.2) is 59.5 Å². The van der Waals surface area contributed by atoms with Crippen molar-refractivity contribution in [2.24, 2.45) is 11.7 Å². The number of benzene rings is 2. The predicted molar refractivity (Wildman–Crippen MR) is 85.7 cm³/mol. The van der Waals surface area contributed by atoms with Gasteiger partial charge in [-0.2, -0.15) is 0 Å². The van der Waals surface area contributed by atoms with Crippen LogP contribution in [0.2, 0.25) is 0 Å². The van der Waals surface area contributed by atoms with Gasteiger partial charge in [-0.15, -0.1) is 0 Å². The highest BCUT2D eigenvalue weighted by molar-refractivity contribution is 7.92. The number of methoxy groups -OCH3 is 1. The second-order valence-corrected chi connectivity index (χ2v) is 7.63. The molecule has 0 aliphatic heterocycles. The third-order valence-corrected chi connectivity index (χ3v) is 6.59. The van der Waals surface area contributed by atoms with E-state index in [9.17, 15) is 8.42 Å². The van der Waals surface area contributed by atoms with Crippen molar-refractivity contribution < 1.29 is 13.2 Å². The zero-order valence-corrected chi connectivity index (χ0v) is 13.2. The Hall–Kier alpha value is -1.85. The van der Waals surface area contributed by atoms with Gasteiger partial charge >= 0.3 is 0 Å². The van der Waals surface area contributed by atoms with Gasteiger partial charge in [0.25, 0.3) is 0 Å². The molecule has 2 N–H and O–H groups in total. The largest absolute Gasteiger partial charge is 0.497 e. The molecule has 3 rings (SSSR count). The van der Waals surface area contributed by atoms with E-state index in [0.29, 0.717) is 11.4 Å². The van der Waals surface area contributed by atoms with Crippen LogP contribution in [0.4, 0.5) is 0 Å². The van der Waals surface area contributed by atoms with Crippen LogP contribution >= 0.6 is 0 Å². The Morgan fingerprint density at radius 1 is 1.05 bits per heavy atom. The summed E-state index contributed by atoms with van der Waals surface area (Å²) in [5, 5.41) is -0.437. The van der Waals surface area contributed by atoms with Gasteiger partial charge in [0.05, 0.1) is 17.3 Å². The van der Waals surface area contributed by atoms with Crippen LogP contribution < -0.4 is 10.5 Å². The molecule has 1 fully saturated rings. The maximum Gasteiger partial charge on any atom is 0.182 e. The van der Waals surface area contributed by atoms with Crippen molar-refractivity contribution in [2.45, 2.75) is 16.1 Å². The number of nitrogens with two attached hydrogens (primary N) is 1. The third-order valence-electron chi connectivity index (χ3n) is 4.30. The van der Waals surface area contributed by atoms with Crippen molar-refractivity contribution in [1.82, 2.24) is 0 Å². The summed E-state index contributed by atoms with van der Waals surface area (Å²) < 4.78 is 30.7. The topological polar surface area (TPSA) is 69.4 Å². The van der Waals surface area contributed by atoms with Crippen LogP contribution in [0.1, 0.15) is 11.5 Å². The molecule has 5 heteroatoms. The monoisotopic (exact) mass is 317 g/mol. The average Bonchev–Trinajstić information content (AvgIpc) is 3.31.